The standard InChI is InChI=1S/C59H39NO/c1-4-16-40(17-5-1)43-19-14-24-47(38-43)60(46-33-30-42(31-34-46)50-27-15-28-53-54-36-32-41-18-10-11-25-49(41)58(54)61-57(50)53)48-35-37-52-51-26-12-13-29-55(51)59(56(52)39-48,44-20-6-2-7-21-44)45-22-8-3-9-23-45/h1-39H/i30D,31D,33D,34D. The van der Waals surface area contributed by atoms with Gasteiger partial charge >= 0.3 is 0 Å². The van der Waals surface area contributed by atoms with E-state index in [9.17, 15) is 5.48 Å². The summed E-state index contributed by atoms with van der Waals surface area (Å²) in [7, 11) is 0. The minimum Gasteiger partial charge on any atom is -0.455 e. The molecule has 1 aliphatic rings. The first-order chi connectivity index (χ1) is 31.9. The van der Waals surface area contributed by atoms with Gasteiger partial charge in [0.25, 0.3) is 0 Å². The van der Waals surface area contributed by atoms with Crippen molar-refractivity contribution in [3.8, 4) is 33.4 Å². The van der Waals surface area contributed by atoms with Crippen LogP contribution in [0.1, 0.15) is 27.7 Å². The van der Waals surface area contributed by atoms with Crippen molar-refractivity contribution in [2.75, 3.05) is 4.90 Å². The highest BCUT2D eigenvalue weighted by Crippen LogP contribution is 2.57. The van der Waals surface area contributed by atoms with Crippen molar-refractivity contribution in [2.45, 2.75) is 5.41 Å². The Kier molecular flexibility index (Phi) is 7.18. The zero-order valence-electron chi connectivity index (χ0n) is 37.1. The molecule has 2 nitrogen and oxygen atoms in total. The Morgan fingerprint density at radius 2 is 0.951 bits per heavy atom. The molecule has 0 saturated carbocycles. The van der Waals surface area contributed by atoms with E-state index in [0.717, 1.165) is 66.1 Å². The van der Waals surface area contributed by atoms with E-state index in [1.165, 1.54) is 5.56 Å². The van der Waals surface area contributed by atoms with E-state index in [1.807, 2.05) is 89.8 Å². The smallest absolute Gasteiger partial charge is 0.143 e. The summed E-state index contributed by atoms with van der Waals surface area (Å²) in [6.45, 7) is 0. The van der Waals surface area contributed by atoms with Crippen LogP contribution in [0.25, 0.3) is 66.1 Å². The lowest BCUT2D eigenvalue weighted by Crippen LogP contribution is -2.28. The Morgan fingerprint density at radius 3 is 1.74 bits per heavy atom. The van der Waals surface area contributed by atoms with Crippen LogP contribution in [0, 0.1) is 0 Å². The van der Waals surface area contributed by atoms with Crippen LogP contribution in [0.3, 0.4) is 0 Å². The van der Waals surface area contributed by atoms with Crippen molar-refractivity contribution >= 4 is 49.8 Å². The van der Waals surface area contributed by atoms with Gasteiger partial charge in [-0.15, -0.1) is 0 Å². The van der Waals surface area contributed by atoms with E-state index >= 15 is 0 Å². The van der Waals surface area contributed by atoms with Crippen molar-refractivity contribution in [1.82, 2.24) is 0 Å². The summed E-state index contributed by atoms with van der Waals surface area (Å²) >= 11 is 0. The number of nitrogens with zero attached hydrogens (tertiary/aromatic N) is 1. The number of rotatable bonds is 7. The van der Waals surface area contributed by atoms with Gasteiger partial charge in [0.15, 0.2) is 0 Å². The Labute approximate surface area is 360 Å². The Bertz CT molecular complexity index is 3590. The van der Waals surface area contributed by atoms with Gasteiger partial charge in [-0.25, -0.2) is 0 Å². The SMILES string of the molecule is [2H]c1c([2H])c(N(c2cccc(-c3ccccc3)c2)c2ccc3c(c2)C(c2ccccc2)(c2ccccc2)c2ccccc2-3)c([2H])c([2H])c1-c1cccc2c1oc1c3ccccc3ccc21. The molecule has 10 aromatic carbocycles. The lowest BCUT2D eigenvalue weighted by atomic mass is 9.67. The van der Waals surface area contributed by atoms with Crippen LogP contribution in [0.5, 0.6) is 0 Å². The highest BCUT2D eigenvalue weighted by Gasteiger charge is 2.46. The highest BCUT2D eigenvalue weighted by molar-refractivity contribution is 6.17. The minimum absolute atomic E-state index is 0.150. The third-order valence-electron chi connectivity index (χ3n) is 12.4. The molecule has 0 radical (unpaired) electrons. The fraction of sp³-hybridized carbons (Fsp3) is 0.0169. The Balaban J connectivity index is 1.12. The maximum Gasteiger partial charge on any atom is 0.143 e. The number of hydrogen-bond donors (Lipinski definition) is 0. The molecule has 2 heteroatoms. The molecule has 0 fully saturated rings. The van der Waals surface area contributed by atoms with E-state index in [4.69, 9.17) is 4.42 Å². The van der Waals surface area contributed by atoms with E-state index in [2.05, 4.69) is 127 Å². The van der Waals surface area contributed by atoms with Crippen LogP contribution in [0.4, 0.5) is 17.1 Å². The molecule has 0 unspecified atom stereocenters. The molecule has 0 amide bonds. The molecular formula is C59H39NO. The second-order valence-electron chi connectivity index (χ2n) is 15.7. The van der Waals surface area contributed by atoms with E-state index in [-0.39, 0.29) is 35.4 Å². The first kappa shape index (κ1) is 31.0. The highest BCUT2D eigenvalue weighted by atomic mass is 16.3. The molecule has 11 aromatic rings. The molecule has 0 atom stereocenters. The average Bonchev–Trinajstić information content (AvgIpc) is 3.90. The molecular weight excluding hydrogens is 739 g/mol. The van der Waals surface area contributed by atoms with Crippen LogP contribution in [0.15, 0.2) is 241 Å². The summed E-state index contributed by atoms with van der Waals surface area (Å²) in [4.78, 5) is 1.91. The molecule has 0 aliphatic heterocycles. The third kappa shape index (κ3) is 5.50. The van der Waals surface area contributed by atoms with Crippen LogP contribution in [-0.2, 0) is 5.41 Å². The molecule has 1 aromatic heterocycles. The Hall–Kier alpha value is -7.94. The van der Waals surface area contributed by atoms with Crippen LogP contribution in [0.2, 0.25) is 0 Å². The van der Waals surface area contributed by atoms with Crippen LogP contribution >= 0.6 is 0 Å². The Morgan fingerprint density at radius 1 is 0.361 bits per heavy atom. The summed E-state index contributed by atoms with van der Waals surface area (Å²) in [5.41, 5.74) is 11.5. The van der Waals surface area contributed by atoms with Gasteiger partial charge in [-0.3, -0.25) is 0 Å². The largest absolute Gasteiger partial charge is 0.455 e. The predicted molar refractivity (Wildman–Crippen MR) is 254 cm³/mol. The van der Waals surface area contributed by atoms with Crippen molar-refractivity contribution in [3.63, 3.8) is 0 Å². The molecule has 0 bridgehead atoms. The monoisotopic (exact) mass is 781 g/mol. The van der Waals surface area contributed by atoms with Crippen molar-refractivity contribution in [1.29, 1.82) is 0 Å². The second-order valence-corrected chi connectivity index (χ2v) is 15.7. The molecule has 0 spiro atoms. The van der Waals surface area contributed by atoms with Crippen LogP contribution < -0.4 is 4.90 Å². The summed E-state index contributed by atoms with van der Waals surface area (Å²) in [6.07, 6.45) is 0. The number of para-hydroxylation sites is 1. The van der Waals surface area contributed by atoms with Gasteiger partial charge in [-0.05, 0) is 97.9 Å². The van der Waals surface area contributed by atoms with Gasteiger partial charge < -0.3 is 9.32 Å². The predicted octanol–water partition coefficient (Wildman–Crippen LogP) is 15.9. The topological polar surface area (TPSA) is 16.4 Å². The van der Waals surface area contributed by atoms with Crippen molar-refractivity contribution in [3.05, 3.63) is 259 Å². The van der Waals surface area contributed by atoms with Crippen LogP contribution in [-0.4, -0.2) is 0 Å². The fourth-order valence-corrected chi connectivity index (χ4v) is 9.71. The summed E-state index contributed by atoms with van der Waals surface area (Å²) < 4.78 is 46.1. The first-order valence-corrected chi connectivity index (χ1v) is 20.7. The molecule has 286 valence electrons. The maximum atomic E-state index is 9.94. The lowest BCUT2D eigenvalue weighted by Gasteiger charge is -2.35. The second kappa shape index (κ2) is 14.1. The molecule has 0 N–H and O–H groups in total. The zero-order chi connectivity index (χ0) is 43.8. The minimum atomic E-state index is -0.697. The fourth-order valence-electron chi connectivity index (χ4n) is 9.71. The first-order valence-electron chi connectivity index (χ1n) is 22.7. The third-order valence-corrected chi connectivity index (χ3v) is 12.4. The molecule has 12 rings (SSSR count). The van der Waals surface area contributed by atoms with Gasteiger partial charge in [0, 0.05) is 38.8 Å². The van der Waals surface area contributed by atoms with Crippen molar-refractivity contribution < 1.29 is 9.90 Å². The summed E-state index contributed by atoms with van der Waals surface area (Å²) in [6, 6.07) is 71.8. The van der Waals surface area contributed by atoms with Gasteiger partial charge in [0.1, 0.15) is 11.2 Å². The summed E-state index contributed by atoms with van der Waals surface area (Å²) in [5.74, 6) is 0. The van der Waals surface area contributed by atoms with Gasteiger partial charge in [-0.1, -0.05) is 194 Å². The summed E-state index contributed by atoms with van der Waals surface area (Å²) in [5, 5.41) is 3.79. The lowest BCUT2D eigenvalue weighted by molar-refractivity contribution is 0.674. The number of furan rings is 1. The van der Waals surface area contributed by atoms with E-state index in [0.29, 0.717) is 22.5 Å². The average molecular weight is 782 g/mol. The zero-order valence-corrected chi connectivity index (χ0v) is 33.1. The number of benzene rings is 10. The number of fused-ring (bicyclic) bond motifs is 8. The quantitative estimate of drug-likeness (QED) is 0.160. The van der Waals surface area contributed by atoms with Gasteiger partial charge in [0.2, 0.25) is 0 Å². The van der Waals surface area contributed by atoms with Gasteiger partial charge in [-0.2, -0.15) is 0 Å². The number of anilines is 3. The molecule has 1 heterocycles. The maximum absolute atomic E-state index is 9.94. The molecule has 61 heavy (non-hydrogen) atoms. The van der Waals surface area contributed by atoms with Crippen molar-refractivity contribution in [2.24, 2.45) is 0 Å². The number of hydrogen-bond acceptors (Lipinski definition) is 2. The van der Waals surface area contributed by atoms with Gasteiger partial charge in [0.05, 0.1) is 10.9 Å². The molecule has 1 aliphatic carbocycles. The van der Waals surface area contributed by atoms with E-state index in [1.54, 1.807) is 0 Å². The normalized spacial score (nSPS) is 13.6. The van der Waals surface area contributed by atoms with E-state index < -0.39 is 5.41 Å². The molecule has 0 saturated heterocycles.